The maximum Gasteiger partial charge on any atom is 0.338 e. The predicted octanol–water partition coefficient (Wildman–Crippen LogP) is 3.61. The van der Waals surface area contributed by atoms with E-state index in [9.17, 15) is 9.59 Å². The van der Waals surface area contributed by atoms with Crippen LogP contribution in [-0.2, 0) is 4.79 Å². The number of benzene rings is 1. The van der Waals surface area contributed by atoms with Crippen LogP contribution in [-0.4, -0.2) is 23.1 Å². The molecule has 0 spiro atoms. The molecule has 0 saturated carbocycles. The molecular formula is C14H12BrNO4S. The molecule has 21 heavy (non-hydrogen) atoms. The predicted molar refractivity (Wildman–Crippen MR) is 84.1 cm³/mol. The maximum absolute atomic E-state index is 12.0. The van der Waals surface area contributed by atoms with Crippen molar-refractivity contribution in [3.63, 3.8) is 0 Å². The second-order valence-electron chi connectivity index (χ2n) is 4.17. The molecule has 5 nitrogen and oxygen atoms in total. The lowest BCUT2D eigenvalue weighted by atomic mass is 10.3. The zero-order valence-electron chi connectivity index (χ0n) is 11.0. The molecule has 1 aromatic carbocycles. The molecule has 1 atom stereocenters. The maximum atomic E-state index is 12.0. The number of halogens is 1. The lowest BCUT2D eigenvalue weighted by Crippen LogP contribution is -2.30. The van der Waals surface area contributed by atoms with Crippen molar-refractivity contribution in [2.24, 2.45) is 0 Å². The minimum atomic E-state index is -1.08. The van der Waals surface area contributed by atoms with Gasteiger partial charge in [-0.3, -0.25) is 4.79 Å². The van der Waals surface area contributed by atoms with Crippen molar-refractivity contribution in [2.45, 2.75) is 13.0 Å². The van der Waals surface area contributed by atoms with Gasteiger partial charge in [-0.15, -0.1) is 11.3 Å². The van der Waals surface area contributed by atoms with E-state index in [1.807, 2.05) is 12.1 Å². The van der Waals surface area contributed by atoms with Gasteiger partial charge in [0.2, 0.25) is 0 Å². The highest BCUT2D eigenvalue weighted by Crippen LogP contribution is 2.24. The third kappa shape index (κ3) is 4.05. The number of amides is 1. The van der Waals surface area contributed by atoms with E-state index in [2.05, 4.69) is 21.2 Å². The van der Waals surface area contributed by atoms with Crippen LogP contribution in [0.2, 0.25) is 0 Å². The number of anilines is 1. The van der Waals surface area contributed by atoms with Gasteiger partial charge in [0, 0.05) is 4.47 Å². The van der Waals surface area contributed by atoms with Crippen molar-refractivity contribution in [1.82, 2.24) is 0 Å². The Morgan fingerprint density at radius 2 is 1.95 bits per heavy atom. The fourth-order valence-corrected chi connectivity index (χ4v) is 2.61. The van der Waals surface area contributed by atoms with Gasteiger partial charge >= 0.3 is 5.97 Å². The van der Waals surface area contributed by atoms with Gasteiger partial charge < -0.3 is 15.2 Å². The van der Waals surface area contributed by atoms with E-state index < -0.39 is 18.0 Å². The van der Waals surface area contributed by atoms with Crippen LogP contribution in [0.25, 0.3) is 0 Å². The Kier molecular flexibility index (Phi) is 4.98. The molecule has 0 aliphatic rings. The summed E-state index contributed by atoms with van der Waals surface area (Å²) in [6.45, 7) is 1.60. The third-order valence-corrected chi connectivity index (χ3v) is 3.99. The van der Waals surface area contributed by atoms with E-state index in [0.29, 0.717) is 10.8 Å². The molecule has 0 aliphatic carbocycles. The van der Waals surface area contributed by atoms with Crippen LogP contribution in [0.15, 0.2) is 40.2 Å². The van der Waals surface area contributed by atoms with E-state index in [0.717, 1.165) is 15.8 Å². The van der Waals surface area contributed by atoms with Crippen LogP contribution in [0.5, 0.6) is 5.75 Å². The number of thiophene rings is 1. The average molecular weight is 370 g/mol. The second kappa shape index (κ2) is 6.73. The topological polar surface area (TPSA) is 75.6 Å². The molecule has 1 amide bonds. The van der Waals surface area contributed by atoms with Gasteiger partial charge in [0.25, 0.3) is 5.91 Å². The first-order valence-electron chi connectivity index (χ1n) is 6.01. The van der Waals surface area contributed by atoms with Gasteiger partial charge in [0.1, 0.15) is 10.8 Å². The second-order valence-corrected chi connectivity index (χ2v) is 6.00. The first kappa shape index (κ1) is 15.5. The standard InChI is InChI=1S/C14H12BrNO4S/c1-8(20-10-4-2-9(15)3-5-10)12(17)16-13-11(14(18)19)6-7-21-13/h2-8H,1H3,(H,16,17)(H,18,19). The van der Waals surface area contributed by atoms with E-state index in [1.165, 1.54) is 6.07 Å². The molecule has 0 saturated heterocycles. The third-order valence-electron chi connectivity index (χ3n) is 2.63. The van der Waals surface area contributed by atoms with Crippen LogP contribution in [0.4, 0.5) is 5.00 Å². The summed E-state index contributed by atoms with van der Waals surface area (Å²) in [6.07, 6.45) is -0.741. The van der Waals surface area contributed by atoms with Gasteiger partial charge in [0.05, 0.1) is 5.56 Å². The summed E-state index contributed by atoms with van der Waals surface area (Å²) in [7, 11) is 0. The van der Waals surface area contributed by atoms with E-state index >= 15 is 0 Å². The Bertz CT molecular complexity index is 653. The van der Waals surface area contributed by atoms with Gasteiger partial charge in [-0.1, -0.05) is 15.9 Å². The number of rotatable bonds is 5. The molecule has 1 aromatic heterocycles. The number of aromatic carboxylic acids is 1. The van der Waals surface area contributed by atoms with Crippen LogP contribution < -0.4 is 10.1 Å². The SMILES string of the molecule is CC(Oc1ccc(Br)cc1)C(=O)Nc1sccc1C(=O)O. The lowest BCUT2D eigenvalue weighted by molar-refractivity contribution is -0.122. The molecule has 110 valence electrons. The minimum absolute atomic E-state index is 0.0733. The number of carboxylic acids is 1. The lowest BCUT2D eigenvalue weighted by Gasteiger charge is -2.14. The number of carbonyl (C=O) groups excluding carboxylic acids is 1. The summed E-state index contributed by atoms with van der Waals surface area (Å²) < 4.78 is 6.42. The quantitative estimate of drug-likeness (QED) is 0.843. The number of ether oxygens (including phenoxy) is 1. The Morgan fingerprint density at radius 1 is 1.29 bits per heavy atom. The van der Waals surface area contributed by atoms with Crippen molar-refractivity contribution >= 4 is 44.1 Å². The normalized spacial score (nSPS) is 11.7. The Morgan fingerprint density at radius 3 is 2.57 bits per heavy atom. The fraction of sp³-hybridized carbons (Fsp3) is 0.143. The first-order chi connectivity index (χ1) is 9.97. The zero-order chi connectivity index (χ0) is 15.4. The molecule has 2 aromatic rings. The summed E-state index contributed by atoms with van der Waals surface area (Å²) in [4.78, 5) is 23.0. The number of hydrogen-bond acceptors (Lipinski definition) is 4. The Hall–Kier alpha value is -1.86. The summed E-state index contributed by atoms with van der Waals surface area (Å²) in [6, 6.07) is 8.54. The molecule has 0 radical (unpaired) electrons. The average Bonchev–Trinajstić information content (AvgIpc) is 2.89. The fourth-order valence-electron chi connectivity index (χ4n) is 1.56. The highest BCUT2D eigenvalue weighted by Gasteiger charge is 2.19. The van der Waals surface area contributed by atoms with Crippen LogP contribution >= 0.6 is 27.3 Å². The molecule has 1 heterocycles. The molecule has 2 rings (SSSR count). The highest BCUT2D eigenvalue weighted by molar-refractivity contribution is 9.10. The van der Waals surface area contributed by atoms with E-state index in [4.69, 9.17) is 9.84 Å². The molecule has 0 bridgehead atoms. The molecule has 7 heteroatoms. The zero-order valence-corrected chi connectivity index (χ0v) is 13.4. The van der Waals surface area contributed by atoms with Crippen molar-refractivity contribution in [2.75, 3.05) is 5.32 Å². The number of carbonyl (C=O) groups is 2. The number of carboxylic acid groups (broad SMARTS) is 1. The molecular weight excluding hydrogens is 358 g/mol. The van der Waals surface area contributed by atoms with E-state index in [-0.39, 0.29) is 5.56 Å². The monoisotopic (exact) mass is 369 g/mol. The summed E-state index contributed by atoms with van der Waals surface area (Å²) in [5.74, 6) is -0.915. The van der Waals surface area contributed by atoms with Gasteiger partial charge in [-0.05, 0) is 42.6 Å². The van der Waals surface area contributed by atoms with Crippen molar-refractivity contribution in [3.8, 4) is 5.75 Å². The number of nitrogens with one attached hydrogen (secondary N) is 1. The first-order valence-corrected chi connectivity index (χ1v) is 7.68. The summed E-state index contributed by atoms with van der Waals surface area (Å²) >= 11 is 4.47. The largest absolute Gasteiger partial charge is 0.481 e. The summed E-state index contributed by atoms with van der Waals surface area (Å²) in [5.41, 5.74) is 0.0733. The minimum Gasteiger partial charge on any atom is -0.481 e. The smallest absolute Gasteiger partial charge is 0.338 e. The summed E-state index contributed by atoms with van der Waals surface area (Å²) in [5, 5.41) is 13.5. The molecule has 0 aliphatic heterocycles. The number of hydrogen-bond donors (Lipinski definition) is 2. The van der Waals surface area contributed by atoms with Crippen molar-refractivity contribution < 1.29 is 19.4 Å². The van der Waals surface area contributed by atoms with Crippen LogP contribution in [0.1, 0.15) is 17.3 Å². The molecule has 0 fully saturated rings. The van der Waals surface area contributed by atoms with Crippen LogP contribution in [0, 0.1) is 0 Å². The van der Waals surface area contributed by atoms with E-state index in [1.54, 1.807) is 24.4 Å². The van der Waals surface area contributed by atoms with Crippen molar-refractivity contribution in [1.29, 1.82) is 0 Å². The highest BCUT2D eigenvalue weighted by atomic mass is 79.9. The Labute approximate surface area is 133 Å². The van der Waals surface area contributed by atoms with Gasteiger partial charge in [-0.25, -0.2) is 4.79 Å². The molecule has 1 unspecified atom stereocenters. The van der Waals surface area contributed by atoms with Gasteiger partial charge in [0.15, 0.2) is 6.10 Å². The Balaban J connectivity index is 2.01. The molecule has 2 N–H and O–H groups in total. The van der Waals surface area contributed by atoms with Crippen LogP contribution in [0.3, 0.4) is 0 Å². The van der Waals surface area contributed by atoms with Gasteiger partial charge in [-0.2, -0.15) is 0 Å². The van der Waals surface area contributed by atoms with Crippen molar-refractivity contribution in [3.05, 3.63) is 45.7 Å².